The molecule has 1 atom stereocenters. The van der Waals surface area contributed by atoms with E-state index in [0.29, 0.717) is 22.1 Å². The highest BCUT2D eigenvalue weighted by atomic mass is 32.2. The van der Waals surface area contributed by atoms with Crippen LogP contribution in [0.25, 0.3) is 0 Å². The Labute approximate surface area is 155 Å². The van der Waals surface area contributed by atoms with Crippen molar-refractivity contribution in [3.05, 3.63) is 62.8 Å². The standard InChI is InChI=1S/C19H17N3O3S/c1-12-2-7-17-14(8-12)9-15(10-20)19(21-17)26-11-18(23)13-3-5-16(6-4-13)22(24)25/h3-6,9,12H,2,7-8,11H2,1H3. The lowest BCUT2D eigenvalue weighted by Gasteiger charge is -2.21. The molecular weight excluding hydrogens is 350 g/mol. The number of ketones is 1. The number of rotatable bonds is 5. The number of thioether (sulfide) groups is 1. The number of pyridine rings is 1. The van der Waals surface area contributed by atoms with Crippen LogP contribution in [-0.2, 0) is 12.8 Å². The lowest BCUT2D eigenvalue weighted by Crippen LogP contribution is -2.14. The third-order valence-corrected chi connectivity index (χ3v) is 5.45. The number of fused-ring (bicyclic) bond motifs is 1. The fourth-order valence-electron chi connectivity index (χ4n) is 3.00. The van der Waals surface area contributed by atoms with Gasteiger partial charge >= 0.3 is 0 Å². The molecule has 3 rings (SSSR count). The first-order valence-corrected chi connectivity index (χ1v) is 9.30. The van der Waals surface area contributed by atoms with Crippen molar-refractivity contribution in [2.75, 3.05) is 5.75 Å². The van der Waals surface area contributed by atoms with E-state index in [2.05, 4.69) is 18.0 Å². The van der Waals surface area contributed by atoms with Crippen molar-refractivity contribution in [2.45, 2.75) is 31.2 Å². The third kappa shape index (κ3) is 3.92. The normalized spacial score (nSPS) is 15.8. The molecule has 1 heterocycles. The van der Waals surface area contributed by atoms with Gasteiger partial charge in [-0.2, -0.15) is 5.26 Å². The van der Waals surface area contributed by atoms with Crippen LogP contribution in [0.15, 0.2) is 35.4 Å². The van der Waals surface area contributed by atoms with Crippen molar-refractivity contribution >= 4 is 23.2 Å². The smallest absolute Gasteiger partial charge is 0.269 e. The number of nitro groups is 1. The molecule has 6 nitrogen and oxygen atoms in total. The zero-order valence-corrected chi connectivity index (χ0v) is 15.1. The Morgan fingerprint density at radius 2 is 2.15 bits per heavy atom. The molecule has 1 aliphatic rings. The van der Waals surface area contributed by atoms with E-state index in [9.17, 15) is 20.2 Å². The van der Waals surface area contributed by atoms with Gasteiger partial charge in [-0.15, -0.1) is 0 Å². The molecule has 1 aromatic carbocycles. The lowest BCUT2D eigenvalue weighted by molar-refractivity contribution is -0.384. The fourth-order valence-corrected chi connectivity index (χ4v) is 3.87. The first-order valence-electron chi connectivity index (χ1n) is 8.31. The summed E-state index contributed by atoms with van der Waals surface area (Å²) >= 11 is 1.24. The Morgan fingerprint density at radius 3 is 2.81 bits per heavy atom. The molecule has 1 aliphatic carbocycles. The number of aryl methyl sites for hydroxylation is 1. The molecule has 0 radical (unpaired) electrons. The zero-order chi connectivity index (χ0) is 18.7. The van der Waals surface area contributed by atoms with E-state index in [1.807, 2.05) is 6.07 Å². The molecule has 26 heavy (non-hydrogen) atoms. The zero-order valence-electron chi connectivity index (χ0n) is 14.3. The Bertz CT molecular complexity index is 903. The first-order chi connectivity index (χ1) is 12.5. The molecule has 2 aromatic rings. The van der Waals surface area contributed by atoms with Crippen molar-refractivity contribution < 1.29 is 9.72 Å². The molecular formula is C19H17N3O3S. The van der Waals surface area contributed by atoms with Gasteiger partial charge in [-0.25, -0.2) is 4.98 Å². The summed E-state index contributed by atoms with van der Waals surface area (Å²) < 4.78 is 0. The number of non-ortho nitro benzene ring substituents is 1. The molecule has 0 fully saturated rings. The van der Waals surface area contributed by atoms with Gasteiger partial charge in [0.2, 0.25) is 0 Å². The van der Waals surface area contributed by atoms with Crippen LogP contribution in [0, 0.1) is 27.4 Å². The number of Topliss-reactive ketones (excluding diaryl/α,β-unsaturated/α-hetero) is 1. The second-order valence-corrected chi connectivity index (χ2v) is 7.39. The number of carbonyl (C=O) groups is 1. The second kappa shape index (κ2) is 7.67. The second-order valence-electron chi connectivity index (χ2n) is 6.42. The molecule has 7 heteroatoms. The molecule has 1 aromatic heterocycles. The highest BCUT2D eigenvalue weighted by molar-refractivity contribution is 8.00. The summed E-state index contributed by atoms with van der Waals surface area (Å²) in [5, 5.41) is 20.7. The van der Waals surface area contributed by atoms with E-state index in [4.69, 9.17) is 0 Å². The van der Waals surface area contributed by atoms with Gasteiger partial charge in [0.15, 0.2) is 5.78 Å². The Hall–Kier alpha value is -2.72. The molecule has 0 saturated carbocycles. The summed E-state index contributed by atoms with van der Waals surface area (Å²) in [4.78, 5) is 27.1. The van der Waals surface area contributed by atoms with Crippen molar-refractivity contribution in [3.63, 3.8) is 0 Å². The van der Waals surface area contributed by atoms with E-state index in [-0.39, 0.29) is 17.2 Å². The highest BCUT2D eigenvalue weighted by Crippen LogP contribution is 2.29. The molecule has 0 spiro atoms. The topological polar surface area (TPSA) is 96.9 Å². The maximum Gasteiger partial charge on any atom is 0.269 e. The van der Waals surface area contributed by atoms with Crippen LogP contribution in [0.4, 0.5) is 5.69 Å². The number of benzene rings is 1. The van der Waals surface area contributed by atoms with Crippen LogP contribution in [0.3, 0.4) is 0 Å². The van der Waals surface area contributed by atoms with Gasteiger partial charge < -0.3 is 0 Å². The lowest BCUT2D eigenvalue weighted by atomic mass is 9.87. The summed E-state index contributed by atoms with van der Waals surface area (Å²) in [6.45, 7) is 2.19. The number of nitriles is 1. The van der Waals surface area contributed by atoms with Crippen LogP contribution in [0.1, 0.15) is 40.5 Å². The van der Waals surface area contributed by atoms with Crippen LogP contribution in [0.5, 0.6) is 0 Å². The van der Waals surface area contributed by atoms with Gasteiger partial charge in [-0.1, -0.05) is 18.7 Å². The minimum atomic E-state index is -0.500. The largest absolute Gasteiger partial charge is 0.293 e. The molecule has 0 bridgehead atoms. The average molecular weight is 367 g/mol. The third-order valence-electron chi connectivity index (χ3n) is 4.46. The van der Waals surface area contributed by atoms with E-state index < -0.39 is 4.92 Å². The predicted molar refractivity (Wildman–Crippen MR) is 98.3 cm³/mol. The van der Waals surface area contributed by atoms with E-state index >= 15 is 0 Å². The van der Waals surface area contributed by atoms with Gasteiger partial charge in [0.1, 0.15) is 11.1 Å². The van der Waals surface area contributed by atoms with E-state index in [1.54, 1.807) is 0 Å². The van der Waals surface area contributed by atoms with E-state index in [1.165, 1.54) is 36.0 Å². The number of nitrogens with zero attached hydrogens (tertiary/aromatic N) is 3. The van der Waals surface area contributed by atoms with Gasteiger partial charge in [0.05, 0.1) is 16.2 Å². The maximum atomic E-state index is 12.3. The minimum Gasteiger partial charge on any atom is -0.293 e. The van der Waals surface area contributed by atoms with Crippen molar-refractivity contribution in [2.24, 2.45) is 5.92 Å². The van der Waals surface area contributed by atoms with Crippen molar-refractivity contribution in [1.82, 2.24) is 4.98 Å². The Morgan fingerprint density at radius 1 is 1.42 bits per heavy atom. The van der Waals surface area contributed by atoms with E-state index in [0.717, 1.165) is 30.5 Å². The molecule has 0 saturated heterocycles. The molecule has 0 amide bonds. The number of aromatic nitrogens is 1. The van der Waals surface area contributed by atoms with Gasteiger partial charge in [-0.3, -0.25) is 14.9 Å². The molecule has 0 aliphatic heterocycles. The van der Waals surface area contributed by atoms with Gasteiger partial charge in [0.25, 0.3) is 5.69 Å². The highest BCUT2D eigenvalue weighted by Gasteiger charge is 2.20. The number of hydrogen-bond acceptors (Lipinski definition) is 6. The van der Waals surface area contributed by atoms with Crippen LogP contribution < -0.4 is 0 Å². The summed E-state index contributed by atoms with van der Waals surface area (Å²) in [7, 11) is 0. The number of carbonyl (C=O) groups excluding carboxylic acids is 1. The van der Waals surface area contributed by atoms with Crippen molar-refractivity contribution in [1.29, 1.82) is 5.26 Å². The van der Waals surface area contributed by atoms with Crippen LogP contribution in [-0.4, -0.2) is 21.4 Å². The summed E-state index contributed by atoms with van der Waals surface area (Å²) in [6, 6.07) is 9.61. The number of nitro benzene ring substituents is 1. The van der Waals surface area contributed by atoms with Gasteiger partial charge in [-0.05, 0) is 48.9 Å². The fraction of sp³-hybridized carbons (Fsp3) is 0.316. The Kier molecular flexibility index (Phi) is 5.33. The van der Waals surface area contributed by atoms with Crippen molar-refractivity contribution in [3.8, 4) is 6.07 Å². The number of hydrogen-bond donors (Lipinski definition) is 0. The first kappa shape index (κ1) is 18.1. The van der Waals surface area contributed by atoms with Gasteiger partial charge in [0, 0.05) is 23.4 Å². The molecule has 1 unspecified atom stereocenters. The molecule has 132 valence electrons. The summed E-state index contributed by atoms with van der Waals surface area (Å²) in [5.41, 5.74) is 3.01. The maximum absolute atomic E-state index is 12.3. The average Bonchev–Trinajstić information content (AvgIpc) is 2.65. The Balaban J connectivity index is 1.74. The van der Waals surface area contributed by atoms with Crippen LogP contribution >= 0.6 is 11.8 Å². The quantitative estimate of drug-likeness (QED) is 0.343. The SMILES string of the molecule is CC1CCc2nc(SCC(=O)c3ccc([N+](=O)[O-])cc3)c(C#N)cc2C1. The monoisotopic (exact) mass is 367 g/mol. The summed E-state index contributed by atoms with van der Waals surface area (Å²) in [5.74, 6) is 0.578. The summed E-state index contributed by atoms with van der Waals surface area (Å²) in [6.07, 6.45) is 2.91. The van der Waals surface area contributed by atoms with Crippen LogP contribution in [0.2, 0.25) is 0 Å². The minimum absolute atomic E-state index is 0.0495. The predicted octanol–water partition coefficient (Wildman–Crippen LogP) is 3.96. The molecule has 0 N–H and O–H groups in total.